The molecule has 2 aromatic rings. The molecule has 0 aliphatic heterocycles. The maximum atomic E-state index is 12.9. The molecule has 2 aromatic carbocycles. The van der Waals surface area contributed by atoms with Gasteiger partial charge in [0.25, 0.3) is 0 Å². The molecule has 0 heterocycles. The molecule has 22 heavy (non-hydrogen) atoms. The normalized spacial score (nSPS) is 11.6. The molecule has 0 aliphatic carbocycles. The highest BCUT2D eigenvalue weighted by molar-refractivity contribution is 6.31. The highest BCUT2D eigenvalue weighted by Gasteiger charge is 2.15. The van der Waals surface area contributed by atoms with Crippen LogP contribution >= 0.6 is 11.6 Å². The van der Waals surface area contributed by atoms with Gasteiger partial charge in [0, 0.05) is 10.7 Å². The summed E-state index contributed by atoms with van der Waals surface area (Å²) in [6, 6.07) is 10.2. The summed E-state index contributed by atoms with van der Waals surface area (Å²) in [5, 5.41) is 6.23. The molecule has 1 atom stereocenters. The molecule has 0 bridgehead atoms. The molecule has 0 fully saturated rings. The van der Waals surface area contributed by atoms with Crippen LogP contribution in [0.5, 0.6) is 5.75 Å². The van der Waals surface area contributed by atoms with Crippen molar-refractivity contribution in [2.24, 2.45) is 0 Å². The summed E-state index contributed by atoms with van der Waals surface area (Å²) in [5.41, 5.74) is 1.15. The van der Waals surface area contributed by atoms with Crippen molar-refractivity contribution in [2.75, 3.05) is 17.7 Å². The summed E-state index contributed by atoms with van der Waals surface area (Å²) in [6.45, 7) is 1.70. The quantitative estimate of drug-likeness (QED) is 0.877. The minimum absolute atomic E-state index is 0.259. The molecule has 2 rings (SSSR count). The number of halogens is 2. The molecule has 0 radical (unpaired) electrons. The number of methoxy groups -OCH3 is 1. The molecule has 0 unspecified atom stereocenters. The molecule has 0 saturated heterocycles. The van der Waals surface area contributed by atoms with E-state index in [1.807, 2.05) is 0 Å². The Balaban J connectivity index is 2.05. The molecular formula is C16H16ClFN2O2. The van der Waals surface area contributed by atoms with Crippen LogP contribution < -0.4 is 15.4 Å². The van der Waals surface area contributed by atoms with Crippen LogP contribution in [0.1, 0.15) is 6.92 Å². The molecule has 4 nitrogen and oxygen atoms in total. The second-order valence-electron chi connectivity index (χ2n) is 4.71. The number of rotatable bonds is 5. The Morgan fingerprint density at radius 2 is 1.91 bits per heavy atom. The number of ether oxygens (including phenoxy) is 1. The third kappa shape index (κ3) is 4.11. The van der Waals surface area contributed by atoms with Gasteiger partial charge in [0.05, 0.1) is 12.8 Å². The molecule has 2 N–H and O–H groups in total. The Hall–Kier alpha value is -2.27. The number of benzene rings is 2. The zero-order chi connectivity index (χ0) is 16.1. The summed E-state index contributed by atoms with van der Waals surface area (Å²) in [4.78, 5) is 12.2. The van der Waals surface area contributed by atoms with E-state index in [2.05, 4.69) is 10.6 Å². The number of carbonyl (C=O) groups excluding carboxylic acids is 1. The maximum absolute atomic E-state index is 12.9. The van der Waals surface area contributed by atoms with E-state index in [-0.39, 0.29) is 11.7 Å². The van der Waals surface area contributed by atoms with Crippen molar-refractivity contribution in [2.45, 2.75) is 13.0 Å². The van der Waals surface area contributed by atoms with Crippen molar-refractivity contribution in [1.82, 2.24) is 0 Å². The highest BCUT2D eigenvalue weighted by Crippen LogP contribution is 2.27. The summed E-state index contributed by atoms with van der Waals surface area (Å²) in [7, 11) is 1.51. The van der Waals surface area contributed by atoms with Crippen LogP contribution in [0.3, 0.4) is 0 Å². The first kappa shape index (κ1) is 16.1. The highest BCUT2D eigenvalue weighted by atomic mass is 35.5. The molecule has 116 valence electrons. The van der Waals surface area contributed by atoms with Crippen LogP contribution in [0.15, 0.2) is 42.5 Å². The monoisotopic (exact) mass is 322 g/mol. The fraction of sp³-hybridized carbons (Fsp3) is 0.188. The number of anilines is 2. The third-order valence-corrected chi connectivity index (χ3v) is 3.28. The van der Waals surface area contributed by atoms with Crippen molar-refractivity contribution >= 4 is 28.9 Å². The molecule has 0 saturated carbocycles. The third-order valence-electron chi connectivity index (χ3n) is 3.04. The minimum atomic E-state index is -0.519. The largest absolute Gasteiger partial charge is 0.495 e. The number of amides is 1. The van der Waals surface area contributed by atoms with Gasteiger partial charge in [0.15, 0.2) is 0 Å². The van der Waals surface area contributed by atoms with E-state index in [1.165, 1.54) is 19.2 Å². The fourth-order valence-corrected chi connectivity index (χ4v) is 2.05. The topological polar surface area (TPSA) is 50.4 Å². The van der Waals surface area contributed by atoms with E-state index in [0.29, 0.717) is 22.1 Å². The first-order valence-electron chi connectivity index (χ1n) is 6.66. The second-order valence-corrected chi connectivity index (χ2v) is 5.14. The van der Waals surface area contributed by atoms with Crippen molar-refractivity contribution in [3.63, 3.8) is 0 Å². The molecule has 0 aliphatic rings. The lowest BCUT2D eigenvalue weighted by Crippen LogP contribution is -2.32. The lowest BCUT2D eigenvalue weighted by molar-refractivity contribution is -0.116. The lowest BCUT2D eigenvalue weighted by Gasteiger charge is -2.16. The zero-order valence-corrected chi connectivity index (χ0v) is 12.9. The van der Waals surface area contributed by atoms with Gasteiger partial charge in [-0.1, -0.05) is 11.6 Å². The van der Waals surface area contributed by atoms with E-state index in [9.17, 15) is 9.18 Å². The Morgan fingerprint density at radius 1 is 1.23 bits per heavy atom. The van der Waals surface area contributed by atoms with E-state index >= 15 is 0 Å². The average molecular weight is 323 g/mol. The van der Waals surface area contributed by atoms with Gasteiger partial charge in [0.1, 0.15) is 17.6 Å². The standard InChI is InChI=1S/C16H16ClFN2O2/c1-10(19-13-6-4-12(18)5-7-13)16(21)20-14-9-11(17)3-8-15(14)22-2/h3-10,19H,1-2H3,(H,20,21)/t10-/m1/s1. The molecule has 1 amide bonds. The molecular weight excluding hydrogens is 307 g/mol. The van der Waals surface area contributed by atoms with E-state index < -0.39 is 6.04 Å². The average Bonchev–Trinajstić information content (AvgIpc) is 2.49. The van der Waals surface area contributed by atoms with Gasteiger partial charge in [-0.05, 0) is 49.4 Å². The Labute approximate surface area is 133 Å². The van der Waals surface area contributed by atoms with Crippen molar-refractivity contribution in [3.8, 4) is 5.75 Å². The van der Waals surface area contributed by atoms with Crippen LogP contribution in [0, 0.1) is 5.82 Å². The van der Waals surface area contributed by atoms with Gasteiger partial charge in [-0.3, -0.25) is 4.79 Å². The Morgan fingerprint density at radius 3 is 2.55 bits per heavy atom. The Kier molecular flexibility index (Phi) is 5.22. The van der Waals surface area contributed by atoms with Gasteiger partial charge in [-0.15, -0.1) is 0 Å². The van der Waals surface area contributed by atoms with Crippen LogP contribution in [0.4, 0.5) is 15.8 Å². The van der Waals surface area contributed by atoms with E-state index in [4.69, 9.17) is 16.3 Å². The fourth-order valence-electron chi connectivity index (χ4n) is 1.88. The minimum Gasteiger partial charge on any atom is -0.495 e. The van der Waals surface area contributed by atoms with Crippen molar-refractivity contribution < 1.29 is 13.9 Å². The predicted molar refractivity (Wildman–Crippen MR) is 86.1 cm³/mol. The predicted octanol–water partition coefficient (Wildman–Crippen LogP) is 3.93. The summed E-state index contributed by atoms with van der Waals surface area (Å²) in [6.07, 6.45) is 0. The smallest absolute Gasteiger partial charge is 0.246 e. The lowest BCUT2D eigenvalue weighted by atomic mass is 10.2. The number of hydrogen-bond donors (Lipinski definition) is 2. The van der Waals surface area contributed by atoms with E-state index in [1.54, 1.807) is 37.3 Å². The summed E-state index contributed by atoms with van der Waals surface area (Å²) < 4.78 is 18.0. The van der Waals surface area contributed by atoms with Gasteiger partial charge < -0.3 is 15.4 Å². The van der Waals surface area contributed by atoms with Crippen LogP contribution in [-0.2, 0) is 4.79 Å². The molecule has 6 heteroatoms. The van der Waals surface area contributed by atoms with Gasteiger partial charge in [-0.25, -0.2) is 4.39 Å². The van der Waals surface area contributed by atoms with Crippen LogP contribution in [0.2, 0.25) is 5.02 Å². The number of nitrogens with one attached hydrogen (secondary N) is 2. The van der Waals surface area contributed by atoms with Crippen LogP contribution in [-0.4, -0.2) is 19.1 Å². The number of hydrogen-bond acceptors (Lipinski definition) is 3. The van der Waals surface area contributed by atoms with Gasteiger partial charge in [-0.2, -0.15) is 0 Å². The maximum Gasteiger partial charge on any atom is 0.246 e. The number of carbonyl (C=O) groups is 1. The molecule has 0 aromatic heterocycles. The van der Waals surface area contributed by atoms with E-state index in [0.717, 1.165) is 0 Å². The zero-order valence-electron chi connectivity index (χ0n) is 12.2. The van der Waals surface area contributed by atoms with Crippen LogP contribution in [0.25, 0.3) is 0 Å². The van der Waals surface area contributed by atoms with Gasteiger partial charge >= 0.3 is 0 Å². The van der Waals surface area contributed by atoms with Crippen molar-refractivity contribution in [3.05, 3.63) is 53.3 Å². The molecule has 0 spiro atoms. The summed E-state index contributed by atoms with van der Waals surface area (Å²) in [5.74, 6) is -0.0667. The second kappa shape index (κ2) is 7.13. The summed E-state index contributed by atoms with van der Waals surface area (Å²) >= 11 is 5.92. The first-order chi connectivity index (χ1) is 10.5. The van der Waals surface area contributed by atoms with Crippen molar-refractivity contribution in [1.29, 1.82) is 0 Å². The Bertz CT molecular complexity index is 662. The van der Waals surface area contributed by atoms with Gasteiger partial charge in [0.2, 0.25) is 5.91 Å². The SMILES string of the molecule is COc1ccc(Cl)cc1NC(=O)[C@@H](C)Nc1ccc(F)cc1. The first-order valence-corrected chi connectivity index (χ1v) is 7.04.